The Morgan fingerprint density at radius 2 is 1.94 bits per heavy atom. The van der Waals surface area contributed by atoms with E-state index in [1.165, 1.54) is 10.4 Å². The maximum Gasteiger partial charge on any atom is 0.159 e. The molecule has 3 heteroatoms. The van der Waals surface area contributed by atoms with Gasteiger partial charge >= 0.3 is 0 Å². The second-order valence-electron chi connectivity index (χ2n) is 4.21. The quantitative estimate of drug-likeness (QED) is 0.818. The lowest BCUT2D eigenvalue weighted by Gasteiger charge is -2.07. The molecule has 2 rings (SSSR count). The number of benzene rings is 1. The molecule has 0 saturated heterocycles. The van der Waals surface area contributed by atoms with E-state index in [-0.39, 0.29) is 5.78 Å². The highest BCUT2D eigenvalue weighted by Crippen LogP contribution is 2.19. The zero-order chi connectivity index (χ0) is 13.0. The molecule has 0 aliphatic heterocycles. The van der Waals surface area contributed by atoms with E-state index in [4.69, 9.17) is 0 Å². The number of nitrogens with one attached hydrogen (secondary N) is 1. The Balaban J connectivity index is 2.00. The second kappa shape index (κ2) is 5.83. The molecule has 1 heterocycles. The molecule has 0 aliphatic rings. The first-order valence-corrected chi connectivity index (χ1v) is 6.98. The molecular formula is C15H17NOS. The van der Waals surface area contributed by atoms with Gasteiger partial charge in [-0.25, -0.2) is 0 Å². The molecule has 0 unspecified atom stereocenters. The highest BCUT2D eigenvalue weighted by Gasteiger charge is 2.03. The fourth-order valence-corrected chi connectivity index (χ4v) is 2.76. The van der Waals surface area contributed by atoms with Crippen LogP contribution in [0.3, 0.4) is 0 Å². The Hall–Kier alpha value is -1.61. The van der Waals surface area contributed by atoms with E-state index in [1.54, 1.807) is 18.3 Å². The molecule has 0 radical (unpaired) electrons. The van der Waals surface area contributed by atoms with Crippen molar-refractivity contribution < 1.29 is 4.79 Å². The van der Waals surface area contributed by atoms with Crippen LogP contribution in [0.25, 0.3) is 0 Å². The Kier molecular flexibility index (Phi) is 4.15. The molecule has 1 aromatic heterocycles. The predicted molar refractivity (Wildman–Crippen MR) is 77.5 cm³/mol. The van der Waals surface area contributed by atoms with Gasteiger partial charge in [-0.05, 0) is 54.6 Å². The van der Waals surface area contributed by atoms with Crippen LogP contribution in [0.4, 0.5) is 5.69 Å². The van der Waals surface area contributed by atoms with Gasteiger partial charge in [0.05, 0.1) is 0 Å². The number of rotatable bonds is 5. The number of thiophene rings is 1. The molecular weight excluding hydrogens is 242 g/mol. The number of carbonyl (C=O) groups is 1. The van der Waals surface area contributed by atoms with E-state index in [0.717, 1.165) is 24.2 Å². The van der Waals surface area contributed by atoms with Crippen LogP contribution < -0.4 is 5.32 Å². The van der Waals surface area contributed by atoms with Gasteiger partial charge in [-0.1, -0.05) is 6.92 Å². The number of hydrogen-bond acceptors (Lipinski definition) is 3. The summed E-state index contributed by atoms with van der Waals surface area (Å²) in [5.41, 5.74) is 3.22. The molecule has 18 heavy (non-hydrogen) atoms. The molecule has 0 amide bonds. The molecule has 0 saturated carbocycles. The summed E-state index contributed by atoms with van der Waals surface area (Å²) in [6, 6.07) is 9.81. The standard InChI is InChI=1S/C15H17NOS/c1-3-12-8-9-18-15(12)10-16-14-6-4-13(5-7-14)11(2)17/h4-9,16H,3,10H2,1-2H3. The Labute approximate surface area is 112 Å². The zero-order valence-corrected chi connectivity index (χ0v) is 11.5. The molecule has 0 spiro atoms. The van der Waals surface area contributed by atoms with Crippen LogP contribution in [0.1, 0.15) is 34.6 Å². The van der Waals surface area contributed by atoms with Crippen molar-refractivity contribution >= 4 is 22.8 Å². The number of anilines is 1. The fourth-order valence-electron chi connectivity index (χ4n) is 1.84. The number of carbonyl (C=O) groups excluding carboxylic acids is 1. The summed E-state index contributed by atoms with van der Waals surface area (Å²) in [6.07, 6.45) is 1.07. The first-order valence-electron chi connectivity index (χ1n) is 6.11. The largest absolute Gasteiger partial charge is 0.380 e. The topological polar surface area (TPSA) is 29.1 Å². The van der Waals surface area contributed by atoms with Gasteiger partial charge < -0.3 is 5.32 Å². The fraction of sp³-hybridized carbons (Fsp3) is 0.267. The van der Waals surface area contributed by atoms with Crippen LogP contribution in [-0.4, -0.2) is 5.78 Å². The van der Waals surface area contributed by atoms with E-state index in [2.05, 4.69) is 23.7 Å². The Morgan fingerprint density at radius 3 is 2.56 bits per heavy atom. The Morgan fingerprint density at radius 1 is 1.22 bits per heavy atom. The van der Waals surface area contributed by atoms with E-state index in [0.29, 0.717) is 0 Å². The van der Waals surface area contributed by atoms with Gasteiger partial charge in [-0.15, -0.1) is 11.3 Å². The SMILES string of the molecule is CCc1ccsc1CNc1ccc(C(C)=O)cc1. The van der Waals surface area contributed by atoms with Crippen molar-refractivity contribution in [2.45, 2.75) is 26.8 Å². The van der Waals surface area contributed by atoms with Crippen LogP contribution in [-0.2, 0) is 13.0 Å². The molecule has 0 fully saturated rings. The average Bonchev–Trinajstić information content (AvgIpc) is 2.84. The lowest BCUT2D eigenvalue weighted by Crippen LogP contribution is -2.00. The summed E-state index contributed by atoms with van der Waals surface area (Å²) < 4.78 is 0. The highest BCUT2D eigenvalue weighted by atomic mass is 32.1. The normalized spacial score (nSPS) is 10.3. The van der Waals surface area contributed by atoms with E-state index in [9.17, 15) is 4.79 Å². The molecule has 0 atom stereocenters. The summed E-state index contributed by atoms with van der Waals surface area (Å²) in [6.45, 7) is 4.61. The van der Waals surface area contributed by atoms with Crippen LogP contribution in [0.5, 0.6) is 0 Å². The zero-order valence-electron chi connectivity index (χ0n) is 10.7. The minimum absolute atomic E-state index is 0.105. The smallest absolute Gasteiger partial charge is 0.159 e. The van der Waals surface area contributed by atoms with E-state index >= 15 is 0 Å². The van der Waals surface area contributed by atoms with Crippen LogP contribution in [0.2, 0.25) is 0 Å². The van der Waals surface area contributed by atoms with Crippen molar-refractivity contribution in [2.24, 2.45) is 0 Å². The van der Waals surface area contributed by atoms with Crippen molar-refractivity contribution in [3.8, 4) is 0 Å². The first kappa shape index (κ1) is 12.8. The van der Waals surface area contributed by atoms with E-state index < -0.39 is 0 Å². The van der Waals surface area contributed by atoms with Gasteiger partial charge in [-0.3, -0.25) is 4.79 Å². The van der Waals surface area contributed by atoms with Crippen molar-refractivity contribution in [2.75, 3.05) is 5.32 Å². The summed E-state index contributed by atoms with van der Waals surface area (Å²) in [4.78, 5) is 12.5. The van der Waals surface area contributed by atoms with Gasteiger partial charge in [0.15, 0.2) is 5.78 Å². The van der Waals surface area contributed by atoms with Gasteiger partial charge in [0.25, 0.3) is 0 Å². The van der Waals surface area contributed by atoms with Crippen molar-refractivity contribution in [3.63, 3.8) is 0 Å². The molecule has 1 aromatic carbocycles. The van der Waals surface area contributed by atoms with Crippen molar-refractivity contribution in [3.05, 3.63) is 51.7 Å². The molecule has 0 aliphatic carbocycles. The monoisotopic (exact) mass is 259 g/mol. The van der Waals surface area contributed by atoms with Crippen LogP contribution in [0.15, 0.2) is 35.7 Å². The van der Waals surface area contributed by atoms with Crippen molar-refractivity contribution in [1.29, 1.82) is 0 Å². The predicted octanol–water partition coefficient (Wildman–Crippen LogP) is 4.13. The van der Waals surface area contributed by atoms with Crippen LogP contribution >= 0.6 is 11.3 Å². The van der Waals surface area contributed by atoms with Crippen molar-refractivity contribution in [1.82, 2.24) is 0 Å². The molecule has 0 bridgehead atoms. The number of Topliss-reactive ketones (excluding diaryl/α,β-unsaturated/α-hetero) is 1. The lowest BCUT2D eigenvalue weighted by atomic mass is 10.1. The Bertz CT molecular complexity index is 528. The minimum Gasteiger partial charge on any atom is -0.380 e. The summed E-state index contributed by atoms with van der Waals surface area (Å²) in [5, 5.41) is 5.52. The lowest BCUT2D eigenvalue weighted by molar-refractivity contribution is 0.101. The summed E-state index contributed by atoms with van der Waals surface area (Å²) in [5.74, 6) is 0.105. The third kappa shape index (κ3) is 2.99. The maximum absolute atomic E-state index is 11.2. The van der Waals surface area contributed by atoms with E-state index in [1.807, 2.05) is 24.3 Å². The number of hydrogen-bond donors (Lipinski definition) is 1. The third-order valence-corrected chi connectivity index (χ3v) is 3.93. The second-order valence-corrected chi connectivity index (χ2v) is 5.21. The average molecular weight is 259 g/mol. The van der Waals surface area contributed by atoms with Gasteiger partial charge in [0.1, 0.15) is 0 Å². The number of aryl methyl sites for hydroxylation is 1. The minimum atomic E-state index is 0.105. The highest BCUT2D eigenvalue weighted by molar-refractivity contribution is 7.10. The first-order chi connectivity index (χ1) is 8.70. The maximum atomic E-state index is 11.2. The molecule has 1 N–H and O–H groups in total. The molecule has 2 nitrogen and oxygen atoms in total. The number of ketones is 1. The van der Waals surface area contributed by atoms with Gasteiger partial charge in [0, 0.05) is 22.7 Å². The van der Waals surface area contributed by atoms with Gasteiger partial charge in [-0.2, -0.15) is 0 Å². The molecule has 94 valence electrons. The third-order valence-electron chi connectivity index (χ3n) is 2.96. The van der Waals surface area contributed by atoms with Gasteiger partial charge in [0.2, 0.25) is 0 Å². The summed E-state index contributed by atoms with van der Waals surface area (Å²) in [7, 11) is 0. The summed E-state index contributed by atoms with van der Waals surface area (Å²) >= 11 is 1.78. The van der Waals surface area contributed by atoms with Crippen LogP contribution in [0, 0.1) is 0 Å². The molecule has 2 aromatic rings.